The third kappa shape index (κ3) is 6.83. The van der Waals surface area contributed by atoms with Crippen LogP contribution in [-0.4, -0.2) is 35.9 Å². The normalized spacial score (nSPS) is 11.8. The van der Waals surface area contributed by atoms with Gasteiger partial charge in [0.15, 0.2) is 6.61 Å². The van der Waals surface area contributed by atoms with E-state index in [0.717, 1.165) is 10.0 Å². The number of hydrogen-bond acceptors (Lipinski definition) is 3. The van der Waals surface area contributed by atoms with Crippen LogP contribution in [0.15, 0.2) is 46.9 Å². The minimum absolute atomic E-state index is 0.0233. The summed E-state index contributed by atoms with van der Waals surface area (Å²) in [5.41, 5.74) is 1.32. The zero-order valence-corrected chi connectivity index (χ0v) is 19.3. The first-order chi connectivity index (χ1) is 14.2. The fourth-order valence-electron chi connectivity index (χ4n) is 2.78. The van der Waals surface area contributed by atoms with Crippen molar-refractivity contribution in [3.8, 4) is 5.75 Å². The SMILES string of the molecule is Cc1cc(OCC(=O)N(Cc2ccccc2F)[C@H](C)C(=O)NCC(C)C)ccc1Br. The van der Waals surface area contributed by atoms with Gasteiger partial charge in [0.1, 0.15) is 17.6 Å². The van der Waals surface area contributed by atoms with E-state index in [9.17, 15) is 14.0 Å². The van der Waals surface area contributed by atoms with Gasteiger partial charge in [-0.2, -0.15) is 0 Å². The van der Waals surface area contributed by atoms with Crippen molar-refractivity contribution in [2.75, 3.05) is 13.2 Å². The molecule has 0 saturated heterocycles. The summed E-state index contributed by atoms with van der Waals surface area (Å²) >= 11 is 3.43. The summed E-state index contributed by atoms with van der Waals surface area (Å²) in [6.07, 6.45) is 0. The molecule has 0 unspecified atom stereocenters. The lowest BCUT2D eigenvalue weighted by molar-refractivity contribution is -0.142. The number of ether oxygens (including phenoxy) is 1. The summed E-state index contributed by atoms with van der Waals surface area (Å²) in [5, 5.41) is 2.83. The third-order valence-corrected chi connectivity index (χ3v) is 5.53. The molecule has 0 fully saturated rings. The molecular formula is C23H28BrFN2O3. The van der Waals surface area contributed by atoms with Gasteiger partial charge in [-0.1, -0.05) is 48.0 Å². The van der Waals surface area contributed by atoms with Crippen molar-refractivity contribution in [1.82, 2.24) is 10.2 Å². The molecule has 5 nitrogen and oxygen atoms in total. The molecule has 0 radical (unpaired) electrons. The van der Waals surface area contributed by atoms with E-state index in [1.807, 2.05) is 32.9 Å². The highest BCUT2D eigenvalue weighted by molar-refractivity contribution is 9.10. The first-order valence-electron chi connectivity index (χ1n) is 9.88. The number of nitrogens with zero attached hydrogens (tertiary/aromatic N) is 1. The van der Waals surface area contributed by atoms with Crippen molar-refractivity contribution in [3.05, 3.63) is 63.9 Å². The van der Waals surface area contributed by atoms with Crippen molar-refractivity contribution < 1.29 is 18.7 Å². The first-order valence-corrected chi connectivity index (χ1v) is 10.7. The summed E-state index contributed by atoms with van der Waals surface area (Å²) in [4.78, 5) is 26.9. The van der Waals surface area contributed by atoms with E-state index in [1.165, 1.54) is 11.0 Å². The van der Waals surface area contributed by atoms with Crippen molar-refractivity contribution in [3.63, 3.8) is 0 Å². The highest BCUT2D eigenvalue weighted by Crippen LogP contribution is 2.22. The van der Waals surface area contributed by atoms with Crippen LogP contribution in [0.5, 0.6) is 5.75 Å². The van der Waals surface area contributed by atoms with E-state index < -0.39 is 17.8 Å². The van der Waals surface area contributed by atoms with E-state index >= 15 is 0 Å². The second kappa shape index (κ2) is 11.1. The first kappa shape index (κ1) is 23.9. The Morgan fingerprint density at radius 2 is 1.87 bits per heavy atom. The van der Waals surface area contributed by atoms with E-state index in [2.05, 4.69) is 21.2 Å². The molecule has 0 aromatic heterocycles. The van der Waals surface area contributed by atoms with Crippen LogP contribution >= 0.6 is 15.9 Å². The number of benzene rings is 2. The number of carbonyl (C=O) groups is 2. The van der Waals surface area contributed by atoms with Crippen molar-refractivity contribution in [2.24, 2.45) is 5.92 Å². The highest BCUT2D eigenvalue weighted by atomic mass is 79.9. The number of nitrogens with one attached hydrogen (secondary N) is 1. The van der Waals surface area contributed by atoms with Gasteiger partial charge in [-0.05, 0) is 49.6 Å². The monoisotopic (exact) mass is 478 g/mol. The second-order valence-electron chi connectivity index (χ2n) is 7.63. The number of amides is 2. The molecule has 2 rings (SSSR count). The summed E-state index contributed by atoms with van der Waals surface area (Å²) in [5.74, 6) is -0.277. The maximum absolute atomic E-state index is 14.2. The summed E-state index contributed by atoms with van der Waals surface area (Å²) in [6.45, 7) is 7.76. The van der Waals surface area contributed by atoms with Gasteiger partial charge in [-0.3, -0.25) is 9.59 Å². The molecule has 0 heterocycles. The van der Waals surface area contributed by atoms with Crippen molar-refractivity contribution in [2.45, 2.75) is 40.3 Å². The minimum atomic E-state index is -0.772. The van der Waals surface area contributed by atoms with Crippen LogP contribution in [0.2, 0.25) is 0 Å². The number of rotatable bonds is 9. The minimum Gasteiger partial charge on any atom is -0.484 e. The standard InChI is InChI=1S/C23H28BrFN2O3/c1-15(2)12-26-23(29)17(4)27(13-18-7-5-6-8-21(18)25)22(28)14-30-19-9-10-20(24)16(3)11-19/h5-11,15,17H,12-14H2,1-4H3,(H,26,29)/t17-/m1/s1. The Labute approximate surface area is 185 Å². The number of aryl methyl sites for hydroxylation is 1. The van der Waals surface area contributed by atoms with Crippen LogP contribution in [0.4, 0.5) is 4.39 Å². The fourth-order valence-corrected chi connectivity index (χ4v) is 3.03. The lowest BCUT2D eigenvalue weighted by Crippen LogP contribution is -2.49. The zero-order valence-electron chi connectivity index (χ0n) is 17.7. The summed E-state index contributed by atoms with van der Waals surface area (Å²) in [7, 11) is 0. The average molecular weight is 479 g/mol. The molecule has 0 spiro atoms. The quantitative estimate of drug-likeness (QED) is 0.578. The van der Waals surface area contributed by atoms with Gasteiger partial charge in [-0.15, -0.1) is 0 Å². The molecule has 0 aliphatic heterocycles. The molecule has 0 bridgehead atoms. The Balaban J connectivity index is 2.16. The van der Waals surface area contributed by atoms with Crippen LogP contribution < -0.4 is 10.1 Å². The Morgan fingerprint density at radius 1 is 1.17 bits per heavy atom. The Kier molecular flexibility index (Phi) is 8.84. The molecule has 2 amide bonds. The highest BCUT2D eigenvalue weighted by Gasteiger charge is 2.27. The molecule has 1 N–H and O–H groups in total. The average Bonchev–Trinajstić information content (AvgIpc) is 2.71. The predicted molar refractivity (Wildman–Crippen MR) is 119 cm³/mol. The molecular weight excluding hydrogens is 451 g/mol. The second-order valence-corrected chi connectivity index (χ2v) is 8.48. The molecule has 162 valence electrons. The maximum Gasteiger partial charge on any atom is 0.261 e. The van der Waals surface area contributed by atoms with Crippen molar-refractivity contribution in [1.29, 1.82) is 0 Å². The molecule has 0 saturated carbocycles. The molecule has 7 heteroatoms. The molecule has 2 aromatic carbocycles. The van der Waals surface area contributed by atoms with Gasteiger partial charge in [-0.25, -0.2) is 4.39 Å². The van der Waals surface area contributed by atoms with Crippen LogP contribution in [0.3, 0.4) is 0 Å². The van der Waals surface area contributed by atoms with E-state index in [0.29, 0.717) is 17.9 Å². The molecule has 0 aliphatic rings. The van der Waals surface area contributed by atoms with Gasteiger partial charge in [0.25, 0.3) is 5.91 Å². The fraction of sp³-hybridized carbons (Fsp3) is 0.391. The topological polar surface area (TPSA) is 58.6 Å². The number of halogens is 2. The number of hydrogen-bond donors (Lipinski definition) is 1. The maximum atomic E-state index is 14.2. The van der Waals surface area contributed by atoms with Gasteiger partial charge in [0.05, 0.1) is 0 Å². The van der Waals surface area contributed by atoms with Crippen LogP contribution in [-0.2, 0) is 16.1 Å². The molecule has 0 aliphatic carbocycles. The van der Waals surface area contributed by atoms with Crippen LogP contribution in [0.25, 0.3) is 0 Å². The lowest BCUT2D eigenvalue weighted by Gasteiger charge is -2.29. The summed E-state index contributed by atoms with van der Waals surface area (Å²) < 4.78 is 20.8. The molecule has 2 aromatic rings. The van der Waals surface area contributed by atoms with Gasteiger partial charge in [0, 0.05) is 23.1 Å². The summed E-state index contributed by atoms with van der Waals surface area (Å²) in [6, 6.07) is 10.9. The molecule has 30 heavy (non-hydrogen) atoms. The predicted octanol–water partition coefficient (Wildman–Crippen LogP) is 4.46. The van der Waals surface area contributed by atoms with Gasteiger partial charge < -0.3 is 15.0 Å². The third-order valence-electron chi connectivity index (χ3n) is 4.64. The van der Waals surface area contributed by atoms with Gasteiger partial charge >= 0.3 is 0 Å². The number of carbonyl (C=O) groups excluding carboxylic acids is 2. The Bertz CT molecular complexity index is 889. The Hall–Kier alpha value is -2.41. The van der Waals surface area contributed by atoms with Crippen LogP contribution in [0, 0.1) is 18.7 Å². The van der Waals surface area contributed by atoms with Crippen molar-refractivity contribution >= 4 is 27.7 Å². The molecule has 1 atom stereocenters. The Morgan fingerprint density at radius 3 is 2.50 bits per heavy atom. The van der Waals surface area contributed by atoms with E-state index in [-0.39, 0.29) is 25.0 Å². The van der Waals surface area contributed by atoms with Crippen LogP contribution in [0.1, 0.15) is 31.9 Å². The largest absolute Gasteiger partial charge is 0.484 e. The zero-order chi connectivity index (χ0) is 22.3. The van der Waals surface area contributed by atoms with Gasteiger partial charge in [0.2, 0.25) is 5.91 Å². The lowest BCUT2D eigenvalue weighted by atomic mass is 10.1. The van der Waals surface area contributed by atoms with E-state index in [4.69, 9.17) is 4.74 Å². The van der Waals surface area contributed by atoms with E-state index in [1.54, 1.807) is 31.2 Å². The smallest absolute Gasteiger partial charge is 0.261 e.